The van der Waals surface area contributed by atoms with Crippen molar-refractivity contribution in [2.75, 3.05) is 25.5 Å². The number of hydrogen-bond acceptors (Lipinski definition) is 4. The van der Waals surface area contributed by atoms with Crippen molar-refractivity contribution >= 4 is 27.5 Å². The molecule has 3 rings (SSSR count). The van der Waals surface area contributed by atoms with Gasteiger partial charge in [-0.2, -0.15) is 4.31 Å². The Morgan fingerprint density at radius 3 is 2.33 bits per heavy atom. The van der Waals surface area contributed by atoms with E-state index in [1.807, 2.05) is 13.0 Å². The maximum atomic E-state index is 13.0. The number of anilines is 1. The first-order chi connectivity index (χ1) is 14.2. The van der Waals surface area contributed by atoms with E-state index in [1.54, 1.807) is 43.3 Å². The Kier molecular flexibility index (Phi) is 6.58. The van der Waals surface area contributed by atoms with Gasteiger partial charge in [-0.1, -0.05) is 29.8 Å². The van der Waals surface area contributed by atoms with Crippen LogP contribution in [0.25, 0.3) is 0 Å². The smallest absolute Gasteiger partial charge is 0.253 e. The molecule has 2 N–H and O–H groups in total. The molecule has 8 heteroatoms. The number of sulfonamides is 1. The van der Waals surface area contributed by atoms with Gasteiger partial charge in [0, 0.05) is 26.1 Å². The van der Waals surface area contributed by atoms with Crippen molar-refractivity contribution in [2.24, 2.45) is 5.92 Å². The molecular weight excluding hydrogens is 402 g/mol. The van der Waals surface area contributed by atoms with Crippen LogP contribution in [0.3, 0.4) is 0 Å². The molecule has 0 atom stereocenters. The first-order valence-corrected chi connectivity index (χ1v) is 11.4. The molecule has 7 nitrogen and oxygen atoms in total. The highest BCUT2D eigenvalue weighted by Gasteiger charge is 2.33. The average Bonchev–Trinajstić information content (AvgIpc) is 2.73. The minimum atomic E-state index is -3.59. The second-order valence-corrected chi connectivity index (χ2v) is 9.47. The number of carbonyl (C=O) groups excluding carboxylic acids is 2. The van der Waals surface area contributed by atoms with E-state index < -0.39 is 10.0 Å². The fraction of sp³-hybridized carbons (Fsp3) is 0.364. The number of nitrogens with zero attached hydrogens (tertiary/aromatic N) is 1. The summed E-state index contributed by atoms with van der Waals surface area (Å²) in [4.78, 5) is 25.0. The lowest BCUT2D eigenvalue weighted by Gasteiger charge is -2.31. The molecule has 0 aromatic heterocycles. The Morgan fingerprint density at radius 2 is 1.70 bits per heavy atom. The molecule has 2 aromatic carbocycles. The van der Waals surface area contributed by atoms with Crippen LogP contribution in [-0.2, 0) is 14.8 Å². The van der Waals surface area contributed by atoms with Crippen LogP contribution in [0.15, 0.2) is 47.4 Å². The maximum Gasteiger partial charge on any atom is 0.253 e. The van der Waals surface area contributed by atoms with Crippen LogP contribution in [0, 0.1) is 19.8 Å². The normalized spacial score (nSPS) is 15.6. The zero-order valence-corrected chi connectivity index (χ0v) is 18.3. The third kappa shape index (κ3) is 4.55. The third-order valence-corrected chi connectivity index (χ3v) is 7.49. The van der Waals surface area contributed by atoms with Gasteiger partial charge in [-0.3, -0.25) is 9.59 Å². The summed E-state index contributed by atoms with van der Waals surface area (Å²) < 4.78 is 27.5. The van der Waals surface area contributed by atoms with Gasteiger partial charge in [0.2, 0.25) is 15.9 Å². The molecule has 0 aliphatic carbocycles. The van der Waals surface area contributed by atoms with E-state index >= 15 is 0 Å². The number of carbonyl (C=O) groups is 2. The van der Waals surface area contributed by atoms with Crippen molar-refractivity contribution in [3.63, 3.8) is 0 Å². The number of hydrogen-bond donors (Lipinski definition) is 2. The summed E-state index contributed by atoms with van der Waals surface area (Å²) in [6.07, 6.45) is 0.857. The molecule has 1 saturated heterocycles. The van der Waals surface area contributed by atoms with Gasteiger partial charge in [-0.15, -0.1) is 0 Å². The van der Waals surface area contributed by atoms with Gasteiger partial charge in [0.1, 0.15) is 0 Å². The number of amides is 2. The van der Waals surface area contributed by atoms with E-state index in [0.717, 1.165) is 11.1 Å². The molecule has 0 radical (unpaired) electrons. The zero-order valence-electron chi connectivity index (χ0n) is 17.4. The number of rotatable bonds is 5. The van der Waals surface area contributed by atoms with Gasteiger partial charge in [-0.05, 0) is 50.5 Å². The lowest BCUT2D eigenvalue weighted by Crippen LogP contribution is -2.41. The average molecular weight is 430 g/mol. The fourth-order valence-electron chi connectivity index (χ4n) is 3.75. The van der Waals surface area contributed by atoms with Crippen LogP contribution < -0.4 is 10.6 Å². The van der Waals surface area contributed by atoms with E-state index in [0.29, 0.717) is 29.0 Å². The molecule has 1 aliphatic heterocycles. The fourth-order valence-corrected chi connectivity index (χ4v) is 5.42. The predicted octanol–water partition coefficient (Wildman–Crippen LogP) is 2.70. The summed E-state index contributed by atoms with van der Waals surface area (Å²) >= 11 is 0. The van der Waals surface area contributed by atoms with Crippen LogP contribution in [0.2, 0.25) is 0 Å². The predicted molar refractivity (Wildman–Crippen MR) is 116 cm³/mol. The SMILES string of the molecule is CNC(=O)c1ccccc1NC(=O)C1CCN(S(=O)(=O)c2ccc(C)cc2C)CC1. The molecule has 0 spiro atoms. The minimum absolute atomic E-state index is 0.199. The van der Waals surface area contributed by atoms with Crippen LogP contribution in [0.5, 0.6) is 0 Å². The molecule has 0 saturated carbocycles. The Hall–Kier alpha value is -2.71. The highest BCUT2D eigenvalue weighted by Crippen LogP contribution is 2.27. The summed E-state index contributed by atoms with van der Waals surface area (Å²) in [6.45, 7) is 4.29. The van der Waals surface area contributed by atoms with Crippen molar-refractivity contribution in [1.29, 1.82) is 0 Å². The van der Waals surface area contributed by atoms with Gasteiger partial charge in [0.15, 0.2) is 0 Å². The van der Waals surface area contributed by atoms with Gasteiger partial charge in [0.05, 0.1) is 16.1 Å². The summed E-state index contributed by atoms with van der Waals surface area (Å²) in [5.41, 5.74) is 2.58. The van der Waals surface area contributed by atoms with Gasteiger partial charge in [0.25, 0.3) is 5.91 Å². The summed E-state index contributed by atoms with van der Waals surface area (Å²) in [5.74, 6) is -0.788. The quantitative estimate of drug-likeness (QED) is 0.764. The molecular formula is C22H27N3O4S. The van der Waals surface area contributed by atoms with Gasteiger partial charge in [-0.25, -0.2) is 8.42 Å². The first kappa shape index (κ1) is 22.0. The van der Waals surface area contributed by atoms with Crippen LogP contribution in [0.1, 0.15) is 34.3 Å². The highest BCUT2D eigenvalue weighted by atomic mass is 32.2. The molecule has 2 amide bonds. The Balaban J connectivity index is 1.67. The number of para-hydroxylation sites is 1. The van der Waals surface area contributed by atoms with Gasteiger partial charge < -0.3 is 10.6 Å². The van der Waals surface area contributed by atoms with Crippen molar-refractivity contribution in [3.8, 4) is 0 Å². The first-order valence-electron chi connectivity index (χ1n) is 9.93. The third-order valence-electron chi connectivity index (χ3n) is 5.43. The summed E-state index contributed by atoms with van der Waals surface area (Å²) in [7, 11) is -2.06. The maximum absolute atomic E-state index is 13.0. The molecule has 0 unspecified atom stereocenters. The van der Waals surface area contributed by atoms with Crippen molar-refractivity contribution < 1.29 is 18.0 Å². The summed E-state index contributed by atoms with van der Waals surface area (Å²) in [6, 6.07) is 12.1. The van der Waals surface area contributed by atoms with Gasteiger partial charge >= 0.3 is 0 Å². The number of aryl methyl sites for hydroxylation is 2. The second kappa shape index (κ2) is 8.97. The second-order valence-electron chi connectivity index (χ2n) is 7.56. The lowest BCUT2D eigenvalue weighted by molar-refractivity contribution is -0.120. The monoisotopic (exact) mass is 429 g/mol. The highest BCUT2D eigenvalue weighted by molar-refractivity contribution is 7.89. The van der Waals surface area contributed by atoms with E-state index in [9.17, 15) is 18.0 Å². The number of nitrogens with one attached hydrogen (secondary N) is 2. The molecule has 30 heavy (non-hydrogen) atoms. The van der Waals surface area contributed by atoms with E-state index in [1.165, 1.54) is 11.4 Å². The molecule has 1 aliphatic rings. The largest absolute Gasteiger partial charge is 0.355 e. The van der Waals surface area contributed by atoms with Crippen molar-refractivity contribution in [2.45, 2.75) is 31.6 Å². The number of benzene rings is 2. The topological polar surface area (TPSA) is 95.6 Å². The van der Waals surface area contributed by atoms with Crippen molar-refractivity contribution in [1.82, 2.24) is 9.62 Å². The molecule has 160 valence electrons. The van der Waals surface area contributed by atoms with Crippen molar-refractivity contribution in [3.05, 3.63) is 59.2 Å². The van der Waals surface area contributed by atoms with Crippen LogP contribution >= 0.6 is 0 Å². The number of piperidine rings is 1. The molecule has 1 fully saturated rings. The van der Waals surface area contributed by atoms with E-state index in [4.69, 9.17) is 0 Å². The lowest BCUT2D eigenvalue weighted by atomic mass is 9.97. The molecule has 0 bridgehead atoms. The minimum Gasteiger partial charge on any atom is -0.355 e. The van der Waals surface area contributed by atoms with Crippen LogP contribution in [0.4, 0.5) is 5.69 Å². The summed E-state index contributed by atoms with van der Waals surface area (Å²) in [5, 5.41) is 5.39. The van der Waals surface area contributed by atoms with Crippen LogP contribution in [-0.4, -0.2) is 44.7 Å². The Labute approximate surface area is 177 Å². The van der Waals surface area contributed by atoms with E-state index in [2.05, 4.69) is 10.6 Å². The standard InChI is InChI=1S/C22H27N3O4S/c1-15-8-9-20(16(2)14-15)30(28,29)25-12-10-17(11-13-25)21(26)24-19-7-5-4-6-18(19)22(27)23-3/h4-9,14,17H,10-13H2,1-3H3,(H,23,27)(H,24,26). The molecule has 2 aromatic rings. The zero-order chi connectivity index (χ0) is 21.9. The van der Waals surface area contributed by atoms with E-state index in [-0.39, 0.29) is 30.8 Å². The Bertz CT molecular complexity index is 1060. The molecule has 1 heterocycles. The Morgan fingerprint density at radius 1 is 1.03 bits per heavy atom.